The molecule has 0 radical (unpaired) electrons. The summed E-state index contributed by atoms with van der Waals surface area (Å²) >= 11 is 0. The lowest BCUT2D eigenvalue weighted by atomic mass is 10.2. The minimum atomic E-state index is 0.101. The molecular formula is C16H27N3O2. The maximum atomic E-state index is 8.61. The lowest BCUT2D eigenvalue weighted by Gasteiger charge is -2.28. The molecule has 0 aliphatic carbocycles. The molecule has 0 fully saturated rings. The summed E-state index contributed by atoms with van der Waals surface area (Å²) in [6.07, 6.45) is 0. The van der Waals surface area contributed by atoms with Gasteiger partial charge in [0.25, 0.3) is 0 Å². The highest BCUT2D eigenvalue weighted by Gasteiger charge is 2.11. The van der Waals surface area contributed by atoms with Crippen LogP contribution in [0.2, 0.25) is 0 Å². The van der Waals surface area contributed by atoms with Crippen LogP contribution >= 0.6 is 0 Å². The molecule has 0 aromatic heterocycles. The van der Waals surface area contributed by atoms with Crippen molar-refractivity contribution in [3.63, 3.8) is 0 Å². The number of hydrogen-bond acceptors (Lipinski definition) is 4. The molecule has 0 spiro atoms. The lowest BCUT2D eigenvalue weighted by molar-refractivity contribution is 0.160. The van der Waals surface area contributed by atoms with E-state index in [1.807, 2.05) is 12.1 Å². The number of rotatable bonds is 8. The Balaban J connectivity index is 2.47. The summed E-state index contributed by atoms with van der Waals surface area (Å²) in [6, 6.07) is 7.72. The Hall–Kier alpha value is -1.75. The molecule has 5 heteroatoms. The third-order valence-electron chi connectivity index (χ3n) is 3.24. The topological polar surface area (TPSA) is 71.1 Å². The van der Waals surface area contributed by atoms with Crippen LogP contribution in [0.15, 0.2) is 29.4 Å². The first-order chi connectivity index (χ1) is 9.93. The van der Waals surface area contributed by atoms with E-state index in [1.54, 1.807) is 12.1 Å². The third kappa shape index (κ3) is 6.04. The second kappa shape index (κ2) is 8.52. The summed E-state index contributed by atoms with van der Waals surface area (Å²) in [5.74, 6) is 1.54. The highest BCUT2D eigenvalue weighted by Crippen LogP contribution is 2.12. The van der Waals surface area contributed by atoms with E-state index in [4.69, 9.17) is 15.7 Å². The van der Waals surface area contributed by atoms with Gasteiger partial charge in [-0.05, 0) is 44.0 Å². The van der Waals surface area contributed by atoms with Gasteiger partial charge in [-0.15, -0.1) is 0 Å². The quantitative estimate of drug-likeness (QED) is 0.334. The lowest BCUT2D eigenvalue weighted by Crippen LogP contribution is -2.37. The van der Waals surface area contributed by atoms with Crippen LogP contribution in [0, 0.1) is 5.92 Å². The maximum absolute atomic E-state index is 8.61. The molecule has 0 aliphatic rings. The minimum Gasteiger partial charge on any atom is -0.492 e. The Morgan fingerprint density at radius 2 is 1.86 bits per heavy atom. The standard InChI is InChI=1S/C16H27N3O2/c1-12(2)11-19(13(3)4)9-10-21-15-7-5-14(6-8-15)16(17)18-20/h5-8,12-13,20H,9-11H2,1-4H3,(H2,17,18). The predicted octanol–water partition coefficient (Wildman–Crippen LogP) is 2.53. The third-order valence-corrected chi connectivity index (χ3v) is 3.24. The second-order valence-electron chi connectivity index (χ2n) is 5.84. The molecule has 0 atom stereocenters. The minimum absolute atomic E-state index is 0.101. The number of benzene rings is 1. The van der Waals surface area contributed by atoms with E-state index in [9.17, 15) is 0 Å². The van der Waals surface area contributed by atoms with Crippen LogP contribution in [0.5, 0.6) is 5.75 Å². The van der Waals surface area contributed by atoms with Gasteiger partial charge in [-0.25, -0.2) is 0 Å². The fourth-order valence-corrected chi connectivity index (χ4v) is 2.09. The van der Waals surface area contributed by atoms with Crippen LogP contribution in [0.4, 0.5) is 0 Å². The van der Waals surface area contributed by atoms with E-state index in [0.29, 0.717) is 24.1 Å². The first-order valence-electron chi connectivity index (χ1n) is 7.38. The number of nitrogens with zero attached hydrogens (tertiary/aromatic N) is 2. The van der Waals surface area contributed by atoms with Crippen LogP contribution in [0.3, 0.4) is 0 Å². The molecule has 0 bridgehead atoms. The zero-order valence-electron chi connectivity index (χ0n) is 13.4. The average molecular weight is 293 g/mol. The molecule has 1 rings (SSSR count). The molecule has 0 unspecified atom stereocenters. The molecular weight excluding hydrogens is 266 g/mol. The molecule has 5 nitrogen and oxygen atoms in total. The highest BCUT2D eigenvalue weighted by molar-refractivity contribution is 5.97. The number of hydrogen-bond donors (Lipinski definition) is 2. The van der Waals surface area contributed by atoms with Gasteiger partial charge in [0.2, 0.25) is 0 Å². The monoisotopic (exact) mass is 293 g/mol. The first-order valence-corrected chi connectivity index (χ1v) is 7.38. The Kier molecular flexibility index (Phi) is 7.02. The number of oxime groups is 1. The van der Waals surface area contributed by atoms with Crippen molar-refractivity contribution in [1.82, 2.24) is 4.90 Å². The van der Waals surface area contributed by atoms with Crippen LogP contribution in [0.25, 0.3) is 0 Å². The highest BCUT2D eigenvalue weighted by atomic mass is 16.5. The summed E-state index contributed by atoms with van der Waals surface area (Å²) in [5.41, 5.74) is 6.19. The van der Waals surface area contributed by atoms with E-state index in [2.05, 4.69) is 37.8 Å². The van der Waals surface area contributed by atoms with Gasteiger partial charge in [-0.3, -0.25) is 4.90 Å². The molecule has 0 saturated heterocycles. The SMILES string of the molecule is CC(C)CN(CCOc1ccc(C(N)=NO)cc1)C(C)C. The van der Waals surface area contributed by atoms with Gasteiger partial charge in [0.05, 0.1) is 0 Å². The smallest absolute Gasteiger partial charge is 0.170 e. The Morgan fingerprint density at radius 1 is 1.24 bits per heavy atom. The van der Waals surface area contributed by atoms with E-state index in [-0.39, 0.29) is 5.84 Å². The van der Waals surface area contributed by atoms with Gasteiger partial charge in [0.1, 0.15) is 12.4 Å². The van der Waals surface area contributed by atoms with Gasteiger partial charge in [0, 0.05) is 24.7 Å². The van der Waals surface area contributed by atoms with Crippen molar-refractivity contribution in [2.45, 2.75) is 33.7 Å². The van der Waals surface area contributed by atoms with Crippen molar-refractivity contribution in [2.24, 2.45) is 16.8 Å². The Morgan fingerprint density at radius 3 is 2.33 bits per heavy atom. The fraction of sp³-hybridized carbons (Fsp3) is 0.562. The van der Waals surface area contributed by atoms with Gasteiger partial charge >= 0.3 is 0 Å². The maximum Gasteiger partial charge on any atom is 0.170 e. The number of ether oxygens (including phenoxy) is 1. The van der Waals surface area contributed by atoms with Gasteiger partial charge in [-0.1, -0.05) is 19.0 Å². The summed E-state index contributed by atoms with van der Waals surface area (Å²) in [7, 11) is 0. The van der Waals surface area contributed by atoms with Crippen LogP contribution < -0.4 is 10.5 Å². The molecule has 3 N–H and O–H groups in total. The van der Waals surface area contributed by atoms with Crippen molar-refractivity contribution in [1.29, 1.82) is 0 Å². The Bertz CT molecular complexity index is 441. The Labute approximate surface area is 127 Å². The largest absolute Gasteiger partial charge is 0.492 e. The molecule has 0 heterocycles. The molecule has 1 aromatic carbocycles. The first kappa shape index (κ1) is 17.3. The van der Waals surface area contributed by atoms with Crippen molar-refractivity contribution in [2.75, 3.05) is 19.7 Å². The van der Waals surface area contributed by atoms with Crippen LogP contribution in [0.1, 0.15) is 33.3 Å². The van der Waals surface area contributed by atoms with E-state index in [0.717, 1.165) is 18.8 Å². The van der Waals surface area contributed by atoms with Crippen LogP contribution in [-0.4, -0.2) is 41.7 Å². The van der Waals surface area contributed by atoms with Crippen molar-refractivity contribution in [3.8, 4) is 5.75 Å². The zero-order chi connectivity index (χ0) is 15.8. The van der Waals surface area contributed by atoms with Crippen molar-refractivity contribution >= 4 is 5.84 Å². The normalized spacial score (nSPS) is 12.4. The molecule has 1 aromatic rings. The summed E-state index contributed by atoms with van der Waals surface area (Å²) in [4.78, 5) is 2.41. The van der Waals surface area contributed by atoms with Crippen LogP contribution in [-0.2, 0) is 0 Å². The summed E-state index contributed by atoms with van der Waals surface area (Å²) < 4.78 is 5.75. The molecule has 0 amide bonds. The molecule has 0 saturated carbocycles. The number of amidine groups is 1. The van der Waals surface area contributed by atoms with Gasteiger partial charge in [0.15, 0.2) is 5.84 Å². The second-order valence-corrected chi connectivity index (χ2v) is 5.84. The molecule has 118 valence electrons. The average Bonchev–Trinajstić information content (AvgIpc) is 2.45. The van der Waals surface area contributed by atoms with E-state index >= 15 is 0 Å². The van der Waals surface area contributed by atoms with E-state index in [1.165, 1.54) is 0 Å². The molecule has 21 heavy (non-hydrogen) atoms. The van der Waals surface area contributed by atoms with Gasteiger partial charge < -0.3 is 15.7 Å². The fourth-order valence-electron chi connectivity index (χ4n) is 2.09. The van der Waals surface area contributed by atoms with Crippen molar-refractivity contribution < 1.29 is 9.94 Å². The number of nitrogens with two attached hydrogens (primary N) is 1. The zero-order valence-corrected chi connectivity index (χ0v) is 13.4. The predicted molar refractivity (Wildman–Crippen MR) is 86.0 cm³/mol. The van der Waals surface area contributed by atoms with Gasteiger partial charge in [-0.2, -0.15) is 0 Å². The summed E-state index contributed by atoms with van der Waals surface area (Å²) in [5, 5.41) is 11.6. The van der Waals surface area contributed by atoms with E-state index < -0.39 is 0 Å². The molecule has 0 aliphatic heterocycles. The summed E-state index contributed by atoms with van der Waals surface area (Å²) in [6.45, 7) is 11.5. The van der Waals surface area contributed by atoms with Crippen molar-refractivity contribution in [3.05, 3.63) is 29.8 Å².